The van der Waals surface area contributed by atoms with Gasteiger partial charge in [0.25, 0.3) is 0 Å². The van der Waals surface area contributed by atoms with E-state index in [0.717, 1.165) is 11.3 Å². The van der Waals surface area contributed by atoms with Gasteiger partial charge in [-0.05, 0) is 67.2 Å². The number of methoxy groups -OCH3 is 2. The first-order chi connectivity index (χ1) is 19.4. The molecule has 4 rings (SSSR count). The molecule has 1 saturated heterocycles. The number of nitrogens with one attached hydrogen (secondary N) is 1. The highest BCUT2D eigenvalue weighted by atomic mass is 79.9. The smallest absolute Gasteiger partial charge is 0.407 e. The van der Waals surface area contributed by atoms with Crippen LogP contribution in [-0.4, -0.2) is 61.8 Å². The van der Waals surface area contributed by atoms with E-state index in [1.807, 2.05) is 52.0 Å². The summed E-state index contributed by atoms with van der Waals surface area (Å²) >= 11 is 3.44. The summed E-state index contributed by atoms with van der Waals surface area (Å²) in [6.45, 7) is 8.70. The van der Waals surface area contributed by atoms with Crippen LogP contribution in [-0.2, 0) is 20.9 Å². The molecule has 1 aromatic heterocycles. The van der Waals surface area contributed by atoms with Crippen molar-refractivity contribution in [1.29, 1.82) is 0 Å². The van der Waals surface area contributed by atoms with E-state index >= 15 is 0 Å². The molecule has 0 radical (unpaired) electrons. The number of nitrogens with zero attached hydrogens (tertiary/aromatic N) is 2. The van der Waals surface area contributed by atoms with E-state index in [1.165, 1.54) is 7.11 Å². The molecule has 1 spiro atoms. The van der Waals surface area contributed by atoms with E-state index in [1.54, 1.807) is 13.2 Å². The highest BCUT2D eigenvalue weighted by Gasteiger charge is 2.53. The van der Waals surface area contributed by atoms with Crippen LogP contribution in [0, 0.1) is 11.3 Å². The quantitative estimate of drug-likeness (QED) is 0.320. The van der Waals surface area contributed by atoms with Crippen LogP contribution in [0.5, 0.6) is 11.5 Å². The number of hydrogen-bond donors (Lipinski definition) is 1. The fraction of sp³-hybridized carbons (Fsp3) is 0.533. The zero-order valence-corrected chi connectivity index (χ0v) is 26.0. The van der Waals surface area contributed by atoms with Crippen LogP contribution in [0.3, 0.4) is 0 Å². The van der Waals surface area contributed by atoms with Crippen LogP contribution in [0.2, 0.25) is 0 Å². The second-order valence-corrected chi connectivity index (χ2v) is 12.4. The van der Waals surface area contributed by atoms with Crippen molar-refractivity contribution < 1.29 is 33.3 Å². The number of anilines is 1. The van der Waals surface area contributed by atoms with E-state index in [2.05, 4.69) is 31.1 Å². The predicted molar refractivity (Wildman–Crippen MR) is 156 cm³/mol. The first-order valence-corrected chi connectivity index (χ1v) is 14.5. The summed E-state index contributed by atoms with van der Waals surface area (Å²) in [6, 6.07) is 9.02. The van der Waals surface area contributed by atoms with Crippen LogP contribution in [0.4, 0.5) is 10.5 Å². The zero-order valence-electron chi connectivity index (χ0n) is 24.4. The summed E-state index contributed by atoms with van der Waals surface area (Å²) in [4.78, 5) is 44.8. The molecular weight excluding hydrogens is 594 g/mol. The number of rotatable bonds is 7. The molecule has 0 unspecified atom stereocenters. The number of esters is 1. The Hall–Kier alpha value is -3.34. The fourth-order valence-electron chi connectivity index (χ4n) is 5.66. The number of piperidine rings is 1. The fourth-order valence-corrected chi connectivity index (χ4v) is 6.07. The largest absolute Gasteiger partial charge is 0.497 e. The molecule has 2 heterocycles. The lowest BCUT2D eigenvalue weighted by atomic mass is 9.73. The number of halogens is 1. The maximum atomic E-state index is 12.9. The highest BCUT2D eigenvalue weighted by Crippen LogP contribution is 2.48. The number of aromatic nitrogens is 1. The van der Waals surface area contributed by atoms with Crippen molar-refractivity contribution in [1.82, 2.24) is 10.3 Å². The third-order valence-electron chi connectivity index (χ3n) is 7.82. The number of alkyl carbamates (subject to hydrolysis) is 1. The monoisotopic (exact) mass is 631 g/mol. The maximum absolute atomic E-state index is 12.9. The molecule has 41 heavy (non-hydrogen) atoms. The van der Waals surface area contributed by atoms with Crippen molar-refractivity contribution in [3.8, 4) is 11.5 Å². The van der Waals surface area contributed by atoms with Gasteiger partial charge < -0.3 is 29.2 Å². The maximum Gasteiger partial charge on any atom is 0.407 e. The van der Waals surface area contributed by atoms with Gasteiger partial charge in [0.2, 0.25) is 0 Å². The highest BCUT2D eigenvalue weighted by molar-refractivity contribution is 9.10. The number of hydrogen-bond acceptors (Lipinski definition) is 9. The minimum atomic E-state index is -0.640. The summed E-state index contributed by atoms with van der Waals surface area (Å²) in [5.74, 6) is 0.502. The lowest BCUT2D eigenvalue weighted by Gasteiger charge is -2.44. The average Bonchev–Trinajstić information content (AvgIpc) is 3.15. The third kappa shape index (κ3) is 6.94. The van der Waals surface area contributed by atoms with Crippen molar-refractivity contribution in [2.75, 3.05) is 32.2 Å². The topological polar surface area (TPSA) is 116 Å². The predicted octanol–water partition coefficient (Wildman–Crippen LogP) is 5.31. The van der Waals surface area contributed by atoms with Crippen molar-refractivity contribution >= 4 is 39.5 Å². The van der Waals surface area contributed by atoms with Gasteiger partial charge in [0.15, 0.2) is 11.4 Å². The van der Waals surface area contributed by atoms with Crippen molar-refractivity contribution in [2.24, 2.45) is 11.3 Å². The Kier molecular flexibility index (Phi) is 9.16. The normalized spacial score (nSPS) is 20.1. The van der Waals surface area contributed by atoms with Gasteiger partial charge in [-0.25, -0.2) is 14.6 Å². The standard InChI is InChI=1S/C30H38BrN3O7/c1-18-22(35)16-30(25(18)33-28(37)41-29(2,3)4)11-13-34(14-12-30)21-15-23(26(31)32-24(21)27(36)39-6)40-17-19-7-9-20(38-5)10-8-19/h7-10,15,18,25H,11-14,16-17H2,1-6H3,(H,33,37)/t18-,25+/m1/s1. The molecule has 10 nitrogen and oxygen atoms in total. The third-order valence-corrected chi connectivity index (χ3v) is 8.39. The number of pyridine rings is 1. The molecule has 1 aliphatic carbocycles. The molecule has 1 aliphatic heterocycles. The Bertz CT molecular complexity index is 1280. The summed E-state index contributed by atoms with van der Waals surface area (Å²) in [5.41, 5.74) is 0.671. The molecule has 1 N–H and O–H groups in total. The lowest BCUT2D eigenvalue weighted by Crippen LogP contribution is -2.53. The second-order valence-electron chi connectivity index (χ2n) is 11.7. The van der Waals surface area contributed by atoms with Crippen LogP contribution < -0.4 is 19.7 Å². The number of carbonyl (C=O) groups is 3. The van der Waals surface area contributed by atoms with E-state index in [9.17, 15) is 14.4 Å². The molecule has 1 amide bonds. The lowest BCUT2D eigenvalue weighted by molar-refractivity contribution is -0.120. The van der Waals surface area contributed by atoms with Gasteiger partial charge in [0, 0.05) is 43.0 Å². The second kappa shape index (κ2) is 12.3. The van der Waals surface area contributed by atoms with Crippen LogP contribution in [0.25, 0.3) is 0 Å². The minimum absolute atomic E-state index is 0.134. The Morgan fingerprint density at radius 3 is 2.39 bits per heavy atom. The molecule has 2 atom stereocenters. The zero-order chi connectivity index (χ0) is 29.9. The van der Waals surface area contributed by atoms with Crippen molar-refractivity contribution in [3.63, 3.8) is 0 Å². The number of carbonyl (C=O) groups excluding carboxylic acids is 3. The van der Waals surface area contributed by atoms with Gasteiger partial charge in [-0.1, -0.05) is 19.1 Å². The summed E-state index contributed by atoms with van der Waals surface area (Å²) in [6.07, 6.45) is 1.15. The summed E-state index contributed by atoms with van der Waals surface area (Å²) in [7, 11) is 2.93. The van der Waals surface area contributed by atoms with E-state index in [4.69, 9.17) is 18.9 Å². The van der Waals surface area contributed by atoms with Gasteiger partial charge in [-0.2, -0.15) is 0 Å². The minimum Gasteiger partial charge on any atom is -0.497 e. The van der Waals surface area contributed by atoms with Gasteiger partial charge in [0.1, 0.15) is 28.3 Å². The van der Waals surface area contributed by atoms with Crippen LogP contribution >= 0.6 is 15.9 Å². The molecular formula is C30H38BrN3O7. The molecule has 222 valence electrons. The number of ether oxygens (including phenoxy) is 4. The van der Waals surface area contributed by atoms with Crippen molar-refractivity contribution in [2.45, 2.75) is 65.2 Å². The SMILES string of the molecule is COC(=O)c1nc(Br)c(OCc2ccc(OC)cc2)cc1N1CCC2(CC1)CC(=O)[C@@H](C)[C@@H]2NC(=O)OC(C)(C)C. The van der Waals surface area contributed by atoms with E-state index in [0.29, 0.717) is 55.0 Å². The molecule has 2 aliphatic rings. The summed E-state index contributed by atoms with van der Waals surface area (Å²) < 4.78 is 22.2. The van der Waals surface area contributed by atoms with Crippen molar-refractivity contribution in [3.05, 3.63) is 46.2 Å². The van der Waals surface area contributed by atoms with Gasteiger partial charge >= 0.3 is 12.1 Å². The summed E-state index contributed by atoms with van der Waals surface area (Å²) in [5, 5.41) is 3.00. The van der Waals surface area contributed by atoms with E-state index < -0.39 is 23.1 Å². The van der Waals surface area contributed by atoms with Gasteiger partial charge in [0.05, 0.1) is 19.9 Å². The van der Waals surface area contributed by atoms with Crippen LogP contribution in [0.1, 0.15) is 63.0 Å². The number of Topliss-reactive ketones (excluding diaryl/α,β-unsaturated/α-hetero) is 1. The average molecular weight is 633 g/mol. The first-order valence-electron chi connectivity index (χ1n) is 13.7. The number of ketones is 1. The molecule has 2 fully saturated rings. The van der Waals surface area contributed by atoms with Gasteiger partial charge in [-0.15, -0.1) is 0 Å². The van der Waals surface area contributed by atoms with Gasteiger partial charge in [-0.3, -0.25) is 4.79 Å². The molecule has 11 heteroatoms. The molecule has 1 saturated carbocycles. The Morgan fingerprint density at radius 2 is 1.80 bits per heavy atom. The van der Waals surface area contributed by atoms with E-state index in [-0.39, 0.29) is 23.4 Å². The van der Waals surface area contributed by atoms with Crippen LogP contribution in [0.15, 0.2) is 34.9 Å². The Balaban J connectivity index is 1.54. The Labute approximate surface area is 249 Å². The first kappa shape index (κ1) is 30.6. The Morgan fingerprint density at radius 1 is 1.15 bits per heavy atom. The number of amides is 1. The molecule has 2 aromatic rings. The molecule has 1 aromatic carbocycles. The number of benzene rings is 1. The molecule has 0 bridgehead atoms.